The van der Waals surface area contributed by atoms with Crippen molar-refractivity contribution in [3.05, 3.63) is 59.1 Å². The number of benzene rings is 1. The lowest BCUT2D eigenvalue weighted by Gasteiger charge is -2.33. The minimum Gasteiger partial charge on any atom is -0.465 e. The Hall–Kier alpha value is -1.72. The van der Waals surface area contributed by atoms with Crippen LogP contribution < -0.4 is 10.6 Å². The molecule has 1 aromatic heterocycles. The van der Waals surface area contributed by atoms with Crippen LogP contribution in [0, 0.1) is 18.6 Å². The average molecular weight is 520 g/mol. The monoisotopic (exact) mass is 520 g/mol. The molecular weight excluding hydrogens is 493 g/mol. The lowest BCUT2D eigenvalue weighted by molar-refractivity contribution is 0.0124. The zero-order valence-electron chi connectivity index (χ0n) is 16.6. The maximum atomic E-state index is 13.8. The van der Waals surface area contributed by atoms with Crippen LogP contribution in [0.2, 0.25) is 0 Å². The van der Waals surface area contributed by atoms with Crippen molar-refractivity contribution in [3.8, 4) is 0 Å². The van der Waals surface area contributed by atoms with Gasteiger partial charge in [0, 0.05) is 38.8 Å². The first-order valence-corrected chi connectivity index (χ1v) is 9.33. The van der Waals surface area contributed by atoms with Gasteiger partial charge in [-0.05, 0) is 37.3 Å². The van der Waals surface area contributed by atoms with Crippen LogP contribution in [0.5, 0.6) is 0 Å². The maximum absolute atomic E-state index is 13.8. The van der Waals surface area contributed by atoms with E-state index in [1.54, 1.807) is 7.05 Å². The van der Waals surface area contributed by atoms with E-state index in [4.69, 9.17) is 9.15 Å². The molecule has 1 unspecified atom stereocenters. The molecule has 1 fully saturated rings. The summed E-state index contributed by atoms with van der Waals surface area (Å²) >= 11 is 0. The first kappa shape index (κ1) is 23.6. The summed E-state index contributed by atoms with van der Waals surface area (Å²) < 4.78 is 38.4. The smallest absolute Gasteiger partial charge is 0.191 e. The molecule has 2 N–H and O–H groups in total. The fraction of sp³-hybridized carbons (Fsp3) is 0.450. The third kappa shape index (κ3) is 6.65. The van der Waals surface area contributed by atoms with Crippen molar-refractivity contribution in [1.29, 1.82) is 0 Å². The number of nitrogens with zero attached hydrogens (tertiary/aromatic N) is 2. The van der Waals surface area contributed by atoms with Gasteiger partial charge in [-0.25, -0.2) is 8.78 Å². The molecule has 0 bridgehead atoms. The van der Waals surface area contributed by atoms with E-state index in [2.05, 4.69) is 20.5 Å². The number of halogens is 3. The van der Waals surface area contributed by atoms with E-state index in [1.165, 1.54) is 6.07 Å². The molecule has 0 aliphatic carbocycles. The SMILES string of the molecule is CN=C(NCc1cc(F)ccc1F)NCC(c1ccc(C)o1)N1CCOCC1.I. The van der Waals surface area contributed by atoms with E-state index in [1.807, 2.05) is 19.1 Å². The normalized spacial score (nSPS) is 16.2. The summed E-state index contributed by atoms with van der Waals surface area (Å²) in [5.74, 6) is 1.31. The van der Waals surface area contributed by atoms with Crippen LogP contribution >= 0.6 is 24.0 Å². The van der Waals surface area contributed by atoms with Crippen molar-refractivity contribution in [3.63, 3.8) is 0 Å². The maximum Gasteiger partial charge on any atom is 0.191 e. The Morgan fingerprint density at radius 2 is 1.93 bits per heavy atom. The largest absolute Gasteiger partial charge is 0.465 e. The molecule has 2 heterocycles. The van der Waals surface area contributed by atoms with Gasteiger partial charge in [0.15, 0.2) is 5.96 Å². The van der Waals surface area contributed by atoms with Crippen LogP contribution in [0.3, 0.4) is 0 Å². The van der Waals surface area contributed by atoms with E-state index >= 15 is 0 Å². The quantitative estimate of drug-likeness (QED) is 0.348. The number of morpholine rings is 1. The summed E-state index contributed by atoms with van der Waals surface area (Å²) in [7, 11) is 1.64. The highest BCUT2D eigenvalue weighted by Gasteiger charge is 2.25. The van der Waals surface area contributed by atoms with Gasteiger partial charge in [-0.15, -0.1) is 24.0 Å². The van der Waals surface area contributed by atoms with Crippen LogP contribution in [0.4, 0.5) is 8.78 Å². The predicted molar refractivity (Wildman–Crippen MR) is 119 cm³/mol. The van der Waals surface area contributed by atoms with Gasteiger partial charge in [-0.2, -0.15) is 0 Å². The molecule has 9 heteroatoms. The Bertz CT molecular complexity index is 810. The molecular formula is C20H27F2IN4O2. The number of hydrogen-bond acceptors (Lipinski definition) is 4. The van der Waals surface area contributed by atoms with Crippen molar-refractivity contribution in [2.45, 2.75) is 19.5 Å². The fourth-order valence-electron chi connectivity index (χ4n) is 3.20. The molecule has 3 rings (SSSR count). The van der Waals surface area contributed by atoms with Gasteiger partial charge in [-0.3, -0.25) is 9.89 Å². The second-order valence-electron chi connectivity index (χ2n) is 6.65. The van der Waals surface area contributed by atoms with Crippen molar-refractivity contribution < 1.29 is 17.9 Å². The van der Waals surface area contributed by atoms with E-state index in [-0.39, 0.29) is 42.1 Å². The van der Waals surface area contributed by atoms with E-state index in [9.17, 15) is 8.78 Å². The Labute approximate surface area is 186 Å². The first-order chi connectivity index (χ1) is 13.6. The Morgan fingerprint density at radius 1 is 1.17 bits per heavy atom. The lowest BCUT2D eigenvalue weighted by atomic mass is 10.1. The number of nitrogens with one attached hydrogen (secondary N) is 2. The molecule has 0 amide bonds. The number of rotatable bonds is 6. The molecule has 160 valence electrons. The summed E-state index contributed by atoms with van der Waals surface area (Å²) in [4.78, 5) is 6.48. The van der Waals surface area contributed by atoms with E-state index in [0.717, 1.165) is 36.7 Å². The molecule has 0 saturated carbocycles. The third-order valence-electron chi connectivity index (χ3n) is 4.72. The van der Waals surface area contributed by atoms with Crippen molar-refractivity contribution in [2.75, 3.05) is 39.9 Å². The van der Waals surface area contributed by atoms with Gasteiger partial charge >= 0.3 is 0 Å². The molecule has 2 aromatic rings. The summed E-state index contributed by atoms with van der Waals surface area (Å²) in [5, 5.41) is 6.29. The van der Waals surface area contributed by atoms with Crippen molar-refractivity contribution in [1.82, 2.24) is 15.5 Å². The molecule has 1 aromatic carbocycles. The van der Waals surface area contributed by atoms with Gasteiger partial charge in [0.1, 0.15) is 23.2 Å². The highest BCUT2D eigenvalue weighted by Crippen LogP contribution is 2.23. The molecule has 0 spiro atoms. The Kier molecular flexibility index (Phi) is 9.31. The summed E-state index contributed by atoms with van der Waals surface area (Å²) in [6.07, 6.45) is 0. The Morgan fingerprint density at radius 3 is 2.59 bits per heavy atom. The van der Waals surface area contributed by atoms with E-state index in [0.29, 0.717) is 25.7 Å². The molecule has 6 nitrogen and oxygen atoms in total. The van der Waals surface area contributed by atoms with Crippen molar-refractivity contribution in [2.24, 2.45) is 4.99 Å². The van der Waals surface area contributed by atoms with Gasteiger partial charge in [-0.1, -0.05) is 0 Å². The van der Waals surface area contributed by atoms with Gasteiger partial charge in [0.2, 0.25) is 0 Å². The molecule has 1 saturated heterocycles. The van der Waals surface area contributed by atoms with Gasteiger partial charge < -0.3 is 19.8 Å². The standard InChI is InChI=1S/C20H26F2N4O2.HI/c1-14-3-6-19(28-14)18(26-7-9-27-10-8-26)13-25-20(23-2)24-12-15-11-16(21)4-5-17(15)22;/h3-6,11,18H,7-10,12-13H2,1-2H3,(H2,23,24,25);1H. The molecule has 0 radical (unpaired) electrons. The zero-order chi connectivity index (χ0) is 19.9. The molecule has 29 heavy (non-hydrogen) atoms. The summed E-state index contributed by atoms with van der Waals surface area (Å²) in [6, 6.07) is 7.35. The fourth-order valence-corrected chi connectivity index (χ4v) is 3.20. The van der Waals surface area contributed by atoms with Crippen LogP contribution in [-0.4, -0.2) is 50.8 Å². The van der Waals surface area contributed by atoms with Crippen molar-refractivity contribution >= 4 is 29.9 Å². The molecule has 1 aliphatic heterocycles. The number of aryl methyl sites for hydroxylation is 1. The lowest BCUT2D eigenvalue weighted by Crippen LogP contribution is -2.46. The number of furan rings is 1. The first-order valence-electron chi connectivity index (χ1n) is 9.33. The number of ether oxygens (including phenoxy) is 1. The predicted octanol–water partition coefficient (Wildman–Crippen LogP) is 3.22. The van der Waals surface area contributed by atoms with E-state index < -0.39 is 11.6 Å². The number of guanidine groups is 1. The summed E-state index contributed by atoms with van der Waals surface area (Å²) in [6.45, 7) is 5.59. The van der Waals surface area contributed by atoms with Gasteiger partial charge in [0.25, 0.3) is 0 Å². The van der Waals surface area contributed by atoms with Crippen LogP contribution in [-0.2, 0) is 11.3 Å². The minimum absolute atomic E-state index is 0. The number of aliphatic imine (C=N–C) groups is 1. The highest BCUT2D eigenvalue weighted by molar-refractivity contribution is 14.0. The second-order valence-corrected chi connectivity index (χ2v) is 6.65. The zero-order valence-corrected chi connectivity index (χ0v) is 18.9. The van der Waals surface area contributed by atoms with Gasteiger partial charge in [0.05, 0.1) is 19.3 Å². The Balaban J connectivity index is 0.00000300. The topological polar surface area (TPSA) is 62.0 Å². The summed E-state index contributed by atoms with van der Waals surface area (Å²) in [5.41, 5.74) is 0.245. The second kappa shape index (κ2) is 11.5. The van der Waals surface area contributed by atoms with Crippen LogP contribution in [0.1, 0.15) is 23.1 Å². The number of hydrogen-bond donors (Lipinski definition) is 2. The molecule has 1 atom stereocenters. The highest BCUT2D eigenvalue weighted by atomic mass is 127. The third-order valence-corrected chi connectivity index (χ3v) is 4.72. The van der Waals surface area contributed by atoms with Crippen LogP contribution in [0.15, 0.2) is 39.7 Å². The van der Waals surface area contributed by atoms with Crippen LogP contribution in [0.25, 0.3) is 0 Å². The minimum atomic E-state index is -0.471. The average Bonchev–Trinajstić information content (AvgIpc) is 3.13. The molecule has 1 aliphatic rings.